The van der Waals surface area contributed by atoms with Crippen molar-refractivity contribution in [1.82, 2.24) is 10.2 Å². The van der Waals surface area contributed by atoms with E-state index in [-0.39, 0.29) is 12.1 Å². The number of aliphatic hydroxyl groups is 1. The van der Waals surface area contributed by atoms with Crippen molar-refractivity contribution in [2.75, 3.05) is 32.8 Å². The van der Waals surface area contributed by atoms with Crippen molar-refractivity contribution in [2.24, 2.45) is 5.92 Å². The molecule has 1 atom stereocenters. The highest BCUT2D eigenvalue weighted by Crippen LogP contribution is 2.23. The highest BCUT2D eigenvalue weighted by Gasteiger charge is 2.31. The maximum absolute atomic E-state index is 9.59. The standard InChI is InChI=1S/C12H26N2O/c1-11(2)4-5-12(3,10-15)14-8-6-13-7-9-14/h11,13,15H,4-10H2,1-3H3. The molecule has 2 N–H and O–H groups in total. The summed E-state index contributed by atoms with van der Waals surface area (Å²) in [5.41, 5.74) is -0.00757. The van der Waals surface area contributed by atoms with Crippen LogP contribution in [0.4, 0.5) is 0 Å². The molecule has 0 radical (unpaired) electrons. The van der Waals surface area contributed by atoms with Crippen LogP contribution in [0.3, 0.4) is 0 Å². The van der Waals surface area contributed by atoms with Crippen LogP contribution in [0.25, 0.3) is 0 Å². The Balaban J connectivity index is 2.49. The summed E-state index contributed by atoms with van der Waals surface area (Å²) in [4.78, 5) is 2.44. The second-order valence-electron chi connectivity index (χ2n) is 5.32. The minimum absolute atomic E-state index is 0.00757. The predicted molar refractivity (Wildman–Crippen MR) is 64.0 cm³/mol. The van der Waals surface area contributed by atoms with Crippen molar-refractivity contribution in [3.8, 4) is 0 Å². The van der Waals surface area contributed by atoms with Crippen molar-refractivity contribution >= 4 is 0 Å². The topological polar surface area (TPSA) is 35.5 Å². The van der Waals surface area contributed by atoms with Crippen LogP contribution >= 0.6 is 0 Å². The molecule has 3 nitrogen and oxygen atoms in total. The zero-order valence-electron chi connectivity index (χ0n) is 10.4. The summed E-state index contributed by atoms with van der Waals surface area (Å²) in [6, 6.07) is 0. The summed E-state index contributed by atoms with van der Waals surface area (Å²) < 4.78 is 0. The van der Waals surface area contributed by atoms with Gasteiger partial charge in [-0.2, -0.15) is 0 Å². The Bertz CT molecular complexity index is 178. The molecule has 90 valence electrons. The molecule has 1 heterocycles. The largest absolute Gasteiger partial charge is 0.394 e. The van der Waals surface area contributed by atoms with Crippen LogP contribution in [0.15, 0.2) is 0 Å². The first-order chi connectivity index (χ1) is 7.08. The lowest BCUT2D eigenvalue weighted by Gasteiger charge is -2.43. The van der Waals surface area contributed by atoms with E-state index in [0.29, 0.717) is 0 Å². The molecule has 0 bridgehead atoms. The van der Waals surface area contributed by atoms with Gasteiger partial charge in [0, 0.05) is 31.7 Å². The number of hydrogen-bond acceptors (Lipinski definition) is 3. The fourth-order valence-corrected chi connectivity index (χ4v) is 2.14. The Hall–Kier alpha value is -0.120. The van der Waals surface area contributed by atoms with E-state index in [1.165, 1.54) is 6.42 Å². The van der Waals surface area contributed by atoms with Gasteiger partial charge in [0.05, 0.1) is 6.61 Å². The summed E-state index contributed by atoms with van der Waals surface area (Å²) >= 11 is 0. The van der Waals surface area contributed by atoms with Crippen LogP contribution in [0.2, 0.25) is 0 Å². The van der Waals surface area contributed by atoms with Crippen molar-refractivity contribution in [3.63, 3.8) is 0 Å². The fraction of sp³-hybridized carbons (Fsp3) is 1.00. The predicted octanol–water partition coefficient (Wildman–Crippen LogP) is 1.08. The normalized spacial score (nSPS) is 23.0. The molecular formula is C12H26N2O. The second kappa shape index (κ2) is 5.83. The summed E-state index contributed by atoms with van der Waals surface area (Å²) in [7, 11) is 0. The third-order valence-electron chi connectivity index (χ3n) is 3.48. The van der Waals surface area contributed by atoms with E-state index in [1.807, 2.05) is 0 Å². The maximum atomic E-state index is 9.59. The Morgan fingerprint density at radius 2 is 1.93 bits per heavy atom. The SMILES string of the molecule is CC(C)CCC(C)(CO)N1CCNCC1. The van der Waals surface area contributed by atoms with Gasteiger partial charge in [-0.15, -0.1) is 0 Å². The Kier molecular flexibility index (Phi) is 5.03. The zero-order chi connectivity index (χ0) is 11.3. The van der Waals surface area contributed by atoms with E-state index in [9.17, 15) is 5.11 Å². The molecule has 1 aliphatic rings. The van der Waals surface area contributed by atoms with Crippen LogP contribution in [0.1, 0.15) is 33.6 Å². The van der Waals surface area contributed by atoms with Gasteiger partial charge in [0.2, 0.25) is 0 Å². The van der Waals surface area contributed by atoms with Gasteiger partial charge in [-0.1, -0.05) is 13.8 Å². The first-order valence-electron chi connectivity index (χ1n) is 6.15. The molecule has 0 aromatic heterocycles. The van der Waals surface area contributed by atoms with Crippen molar-refractivity contribution in [2.45, 2.75) is 39.2 Å². The van der Waals surface area contributed by atoms with Gasteiger partial charge in [0.25, 0.3) is 0 Å². The first kappa shape index (κ1) is 12.9. The van der Waals surface area contributed by atoms with Gasteiger partial charge in [-0.3, -0.25) is 4.90 Å². The molecule has 1 rings (SSSR count). The fourth-order valence-electron chi connectivity index (χ4n) is 2.14. The average Bonchev–Trinajstić information content (AvgIpc) is 2.27. The molecular weight excluding hydrogens is 188 g/mol. The lowest BCUT2D eigenvalue weighted by atomic mass is 9.90. The number of nitrogens with one attached hydrogen (secondary N) is 1. The number of nitrogens with zero attached hydrogens (tertiary/aromatic N) is 1. The van der Waals surface area contributed by atoms with Crippen molar-refractivity contribution < 1.29 is 5.11 Å². The highest BCUT2D eigenvalue weighted by atomic mass is 16.3. The molecule has 0 saturated carbocycles. The minimum Gasteiger partial charge on any atom is -0.394 e. The number of hydrogen-bond donors (Lipinski definition) is 2. The second-order valence-corrected chi connectivity index (χ2v) is 5.32. The molecule has 1 aliphatic heterocycles. The Labute approximate surface area is 93.9 Å². The van der Waals surface area contributed by atoms with E-state index in [4.69, 9.17) is 0 Å². The van der Waals surface area contributed by atoms with Crippen LogP contribution in [-0.4, -0.2) is 48.3 Å². The van der Waals surface area contributed by atoms with Gasteiger partial charge < -0.3 is 10.4 Å². The molecule has 0 spiro atoms. The third kappa shape index (κ3) is 3.74. The smallest absolute Gasteiger partial charge is 0.0612 e. The Morgan fingerprint density at radius 1 is 1.33 bits per heavy atom. The van der Waals surface area contributed by atoms with Gasteiger partial charge in [-0.05, 0) is 25.7 Å². The molecule has 15 heavy (non-hydrogen) atoms. The van der Waals surface area contributed by atoms with Crippen LogP contribution in [0, 0.1) is 5.92 Å². The summed E-state index contributed by atoms with van der Waals surface area (Å²) in [5, 5.41) is 12.9. The van der Waals surface area contributed by atoms with Gasteiger partial charge in [0.15, 0.2) is 0 Å². The molecule has 1 fully saturated rings. The molecule has 0 aromatic carbocycles. The summed E-state index contributed by atoms with van der Waals surface area (Å²) in [5.74, 6) is 0.721. The lowest BCUT2D eigenvalue weighted by Crippen LogP contribution is -2.56. The van der Waals surface area contributed by atoms with Gasteiger partial charge in [-0.25, -0.2) is 0 Å². The van der Waals surface area contributed by atoms with E-state index in [0.717, 1.165) is 38.5 Å². The van der Waals surface area contributed by atoms with E-state index in [2.05, 4.69) is 31.0 Å². The van der Waals surface area contributed by atoms with Crippen LogP contribution < -0.4 is 5.32 Å². The monoisotopic (exact) mass is 214 g/mol. The number of rotatable bonds is 5. The number of piperazine rings is 1. The van der Waals surface area contributed by atoms with Crippen molar-refractivity contribution in [1.29, 1.82) is 0 Å². The van der Waals surface area contributed by atoms with Crippen LogP contribution in [-0.2, 0) is 0 Å². The third-order valence-corrected chi connectivity index (χ3v) is 3.48. The summed E-state index contributed by atoms with van der Waals surface area (Å²) in [6.07, 6.45) is 2.29. The molecule has 1 saturated heterocycles. The van der Waals surface area contributed by atoms with E-state index < -0.39 is 0 Å². The van der Waals surface area contributed by atoms with Crippen LogP contribution in [0.5, 0.6) is 0 Å². The quantitative estimate of drug-likeness (QED) is 0.719. The first-order valence-corrected chi connectivity index (χ1v) is 6.15. The number of aliphatic hydroxyl groups excluding tert-OH is 1. The van der Waals surface area contributed by atoms with E-state index >= 15 is 0 Å². The average molecular weight is 214 g/mol. The zero-order valence-corrected chi connectivity index (χ0v) is 10.4. The summed E-state index contributed by atoms with van der Waals surface area (Å²) in [6.45, 7) is 11.2. The molecule has 3 heteroatoms. The molecule has 0 amide bonds. The molecule has 1 unspecified atom stereocenters. The van der Waals surface area contributed by atoms with Gasteiger partial charge >= 0.3 is 0 Å². The maximum Gasteiger partial charge on any atom is 0.0612 e. The Morgan fingerprint density at radius 3 is 2.40 bits per heavy atom. The van der Waals surface area contributed by atoms with Crippen molar-refractivity contribution in [3.05, 3.63) is 0 Å². The molecule has 0 aliphatic carbocycles. The minimum atomic E-state index is -0.00757. The highest BCUT2D eigenvalue weighted by molar-refractivity contribution is 4.88. The van der Waals surface area contributed by atoms with E-state index in [1.54, 1.807) is 0 Å². The van der Waals surface area contributed by atoms with Gasteiger partial charge in [0.1, 0.15) is 0 Å². The lowest BCUT2D eigenvalue weighted by molar-refractivity contribution is 0.0239. The molecule has 0 aromatic rings.